The lowest BCUT2D eigenvalue weighted by molar-refractivity contribution is 0.115. The molecule has 0 saturated heterocycles. The number of imidazole rings is 1. The zero-order valence-corrected chi connectivity index (χ0v) is 24.8. The normalized spacial score (nSPS) is 14.7. The highest BCUT2D eigenvalue weighted by Crippen LogP contribution is 2.50. The van der Waals surface area contributed by atoms with Gasteiger partial charge in [-0.3, -0.25) is 18.9 Å². The van der Waals surface area contributed by atoms with Crippen LogP contribution in [0.5, 0.6) is 0 Å². The zero-order chi connectivity index (χ0) is 29.9. The first-order valence-electron chi connectivity index (χ1n) is 12.6. The van der Waals surface area contributed by atoms with E-state index >= 15 is 0 Å². The van der Waals surface area contributed by atoms with E-state index in [1.807, 2.05) is 24.3 Å². The van der Waals surface area contributed by atoms with Crippen molar-refractivity contribution in [3.8, 4) is 0 Å². The van der Waals surface area contributed by atoms with Crippen molar-refractivity contribution in [3.05, 3.63) is 104 Å². The first kappa shape index (κ1) is 29.7. The highest BCUT2D eigenvalue weighted by atomic mass is 79.9. The largest absolute Gasteiger partial charge is 0.424 e. The van der Waals surface area contributed by atoms with E-state index in [2.05, 4.69) is 37.5 Å². The molecule has 0 amide bonds. The number of rotatable bonds is 12. The first-order valence-corrected chi connectivity index (χ1v) is 15.1. The van der Waals surface area contributed by atoms with Gasteiger partial charge in [0.1, 0.15) is 18.8 Å². The summed E-state index contributed by atoms with van der Waals surface area (Å²) in [5.74, 6) is -0.172. The molecule has 1 aliphatic rings. The second-order valence-corrected chi connectivity index (χ2v) is 12.1. The van der Waals surface area contributed by atoms with Crippen LogP contribution in [0.1, 0.15) is 16.7 Å². The van der Waals surface area contributed by atoms with Crippen LogP contribution in [-0.2, 0) is 41.0 Å². The van der Waals surface area contributed by atoms with Gasteiger partial charge >= 0.3 is 7.60 Å². The third-order valence-corrected chi connectivity index (χ3v) is 8.11. The Morgan fingerprint density at radius 2 is 2.00 bits per heavy atom. The van der Waals surface area contributed by atoms with Gasteiger partial charge in [-0.2, -0.15) is 4.98 Å². The molecule has 220 valence electrons. The van der Waals surface area contributed by atoms with Gasteiger partial charge in [-0.25, -0.2) is 9.37 Å². The van der Waals surface area contributed by atoms with Crippen molar-refractivity contribution in [2.75, 3.05) is 25.3 Å². The smallest absolute Gasteiger partial charge is 0.356 e. The third-order valence-electron chi connectivity index (χ3n) is 6.07. The molecule has 3 heterocycles. The molecule has 0 spiro atoms. The first-order chi connectivity index (χ1) is 20.1. The van der Waals surface area contributed by atoms with Crippen molar-refractivity contribution in [1.29, 1.82) is 0 Å². The van der Waals surface area contributed by atoms with E-state index in [9.17, 15) is 13.8 Å². The molecule has 3 N–H and O–H groups in total. The minimum absolute atomic E-state index is 0.0304. The van der Waals surface area contributed by atoms with Crippen LogP contribution >= 0.6 is 23.5 Å². The summed E-state index contributed by atoms with van der Waals surface area (Å²) in [6.45, 7) is 5.22. The number of benzene rings is 2. The average molecular weight is 662 g/mol. The lowest BCUT2D eigenvalue weighted by Gasteiger charge is -2.19. The number of aryl methyl sites for hydroxylation is 1. The van der Waals surface area contributed by atoms with Crippen LogP contribution in [0.3, 0.4) is 0 Å². The van der Waals surface area contributed by atoms with E-state index in [1.165, 1.54) is 12.4 Å². The van der Waals surface area contributed by atoms with Crippen LogP contribution < -0.4 is 11.3 Å². The van der Waals surface area contributed by atoms with Gasteiger partial charge in [-0.15, -0.1) is 0 Å². The van der Waals surface area contributed by atoms with Crippen LogP contribution in [0.15, 0.2) is 76.3 Å². The van der Waals surface area contributed by atoms with E-state index in [0.717, 1.165) is 10.0 Å². The third kappa shape index (κ3) is 6.97. The van der Waals surface area contributed by atoms with E-state index < -0.39 is 25.3 Å². The Morgan fingerprint density at radius 3 is 2.79 bits per heavy atom. The van der Waals surface area contributed by atoms with Crippen LogP contribution in [0, 0.1) is 12.7 Å². The average Bonchev–Trinajstić information content (AvgIpc) is 3.53. The molecule has 2 aromatic heterocycles. The van der Waals surface area contributed by atoms with Crippen LogP contribution in [0.25, 0.3) is 16.9 Å². The van der Waals surface area contributed by atoms with Crippen molar-refractivity contribution < 1.29 is 32.2 Å². The van der Waals surface area contributed by atoms with Crippen molar-refractivity contribution in [2.45, 2.75) is 20.1 Å². The fourth-order valence-corrected chi connectivity index (χ4v) is 5.65. The van der Waals surface area contributed by atoms with E-state index in [4.69, 9.17) is 29.0 Å². The molecule has 15 heteroatoms. The van der Waals surface area contributed by atoms with E-state index in [1.54, 1.807) is 23.6 Å². The molecular weight excluding hydrogens is 636 g/mol. The second kappa shape index (κ2) is 12.6. The standard InChI is InChI=1S/C27H26BrFN5O7P/c1-16-6-7-19(11-21(16)29)24-22(40-17(2)41-24)13-39-42(36,38-12-18-4-3-5-20(28)10-18)15-37-9-8-34-14-31-23-25(34)32-27(30)33-26(23)35/h3-7,10-11,14H,2,8-9,12-13,15H2,1H3,(H3,30,32,33,35). The monoisotopic (exact) mass is 661 g/mol. The van der Waals surface area contributed by atoms with Crippen LogP contribution in [0.4, 0.5) is 10.3 Å². The molecule has 0 fully saturated rings. The summed E-state index contributed by atoms with van der Waals surface area (Å²) in [6.07, 6.45) is 1.02. The number of aromatic amines is 1. The predicted octanol–water partition coefficient (Wildman–Crippen LogP) is 5.20. The highest BCUT2D eigenvalue weighted by molar-refractivity contribution is 9.10. The molecule has 5 rings (SSSR count). The van der Waals surface area contributed by atoms with Gasteiger partial charge in [0.05, 0.1) is 19.5 Å². The van der Waals surface area contributed by atoms with Crippen molar-refractivity contribution in [3.63, 3.8) is 0 Å². The summed E-state index contributed by atoms with van der Waals surface area (Å²) in [6, 6.07) is 11.9. The Balaban J connectivity index is 1.30. The summed E-state index contributed by atoms with van der Waals surface area (Å²) in [5, 5.41) is 0. The second-order valence-electron chi connectivity index (χ2n) is 9.18. The number of hydrogen-bond donors (Lipinski definition) is 2. The number of H-pyrrole nitrogens is 1. The number of hydrogen-bond acceptors (Lipinski definition) is 10. The van der Waals surface area contributed by atoms with Gasteiger partial charge in [-0.1, -0.05) is 40.2 Å². The number of nitrogens with zero attached hydrogens (tertiary/aromatic N) is 3. The van der Waals surface area contributed by atoms with Crippen molar-refractivity contribution in [1.82, 2.24) is 19.5 Å². The number of aromatic nitrogens is 4. The Kier molecular flexibility index (Phi) is 8.90. The summed E-state index contributed by atoms with van der Waals surface area (Å²) >= 11 is 3.40. The fraction of sp³-hybridized carbons (Fsp3) is 0.222. The molecule has 0 radical (unpaired) electrons. The van der Waals surface area contributed by atoms with E-state index in [-0.39, 0.29) is 60.9 Å². The maximum absolute atomic E-state index is 14.2. The summed E-state index contributed by atoms with van der Waals surface area (Å²) in [5.41, 5.74) is 7.22. The highest BCUT2D eigenvalue weighted by Gasteiger charge is 2.31. The summed E-state index contributed by atoms with van der Waals surface area (Å²) < 4.78 is 58.8. The van der Waals surface area contributed by atoms with Crippen molar-refractivity contribution in [2.24, 2.45) is 0 Å². The summed E-state index contributed by atoms with van der Waals surface area (Å²) in [7, 11) is -3.90. The SMILES string of the molecule is C=C1OC(COP(=O)(COCCn2cnc3c(=O)[nH]c(N)nc32)OCc2cccc(Br)c2)=C(c2ccc(C)c(F)c2)O1. The molecule has 0 bridgehead atoms. The molecule has 12 nitrogen and oxygen atoms in total. The minimum atomic E-state index is -3.90. The van der Waals surface area contributed by atoms with Gasteiger partial charge in [-0.05, 0) is 42.8 Å². The molecular formula is C27H26BrFN5O7P. The van der Waals surface area contributed by atoms with E-state index in [0.29, 0.717) is 11.1 Å². The number of ether oxygens (including phenoxy) is 3. The quantitative estimate of drug-likeness (QED) is 0.153. The molecule has 1 unspecified atom stereocenters. The van der Waals surface area contributed by atoms with Crippen LogP contribution in [0.2, 0.25) is 0 Å². The molecule has 42 heavy (non-hydrogen) atoms. The lowest BCUT2D eigenvalue weighted by Crippen LogP contribution is -2.13. The summed E-state index contributed by atoms with van der Waals surface area (Å²) in [4.78, 5) is 22.6. The molecule has 0 saturated carbocycles. The minimum Gasteiger partial charge on any atom is -0.424 e. The number of nitrogen functional groups attached to an aromatic ring is 1. The molecule has 4 aromatic rings. The topological polar surface area (TPSA) is 153 Å². The number of halogens is 2. The number of nitrogens with two attached hydrogens (primary N) is 1. The lowest BCUT2D eigenvalue weighted by atomic mass is 10.1. The van der Waals surface area contributed by atoms with Gasteiger partial charge < -0.3 is 29.0 Å². The predicted molar refractivity (Wildman–Crippen MR) is 155 cm³/mol. The maximum atomic E-state index is 14.2. The molecule has 2 aromatic carbocycles. The Bertz CT molecular complexity index is 1790. The number of anilines is 1. The van der Waals surface area contributed by atoms with Gasteiger partial charge in [0.25, 0.3) is 11.5 Å². The Morgan fingerprint density at radius 1 is 1.19 bits per heavy atom. The molecule has 1 aliphatic heterocycles. The van der Waals surface area contributed by atoms with Gasteiger partial charge in [0, 0.05) is 16.6 Å². The number of fused-ring (bicyclic) bond motifs is 1. The fourth-order valence-electron chi connectivity index (χ4n) is 3.97. The van der Waals surface area contributed by atoms with Crippen molar-refractivity contribution >= 4 is 46.4 Å². The Labute approximate surface area is 247 Å². The maximum Gasteiger partial charge on any atom is 0.356 e. The van der Waals surface area contributed by atoms with Crippen LogP contribution in [-0.4, -0.2) is 39.1 Å². The molecule has 0 aliphatic carbocycles. The zero-order valence-electron chi connectivity index (χ0n) is 22.3. The van der Waals surface area contributed by atoms with Gasteiger partial charge in [0.15, 0.2) is 22.7 Å². The van der Waals surface area contributed by atoms with Gasteiger partial charge in [0.2, 0.25) is 5.95 Å². The Hall–Kier alpha value is -3.81. The number of nitrogens with one attached hydrogen (secondary N) is 1. The molecule has 1 atom stereocenters.